The number of hydrogen-bond acceptors (Lipinski definition) is 3. The van der Waals surface area contributed by atoms with Crippen LogP contribution >= 0.6 is 0 Å². The first kappa shape index (κ1) is 18.1. The number of anilines is 1. The van der Waals surface area contributed by atoms with E-state index in [1.54, 1.807) is 16.9 Å². The molecule has 4 aromatic rings. The van der Waals surface area contributed by atoms with E-state index in [-0.39, 0.29) is 5.91 Å². The molecule has 1 aliphatic carbocycles. The minimum Gasteiger partial charge on any atom is -0.322 e. The topological polar surface area (TPSA) is 59.3 Å². The highest BCUT2D eigenvalue weighted by Gasteiger charge is 2.13. The van der Waals surface area contributed by atoms with E-state index in [2.05, 4.69) is 39.4 Å². The van der Waals surface area contributed by atoms with Gasteiger partial charge in [-0.05, 0) is 85.2 Å². The number of aryl methyl sites for hydroxylation is 3. The van der Waals surface area contributed by atoms with E-state index in [1.807, 2.05) is 43.3 Å². The van der Waals surface area contributed by atoms with Crippen molar-refractivity contribution in [1.29, 1.82) is 0 Å². The lowest BCUT2D eigenvalue weighted by atomic mass is 10.0. The Hall–Kier alpha value is -3.91. The Morgan fingerprint density at radius 3 is 2.90 bits per heavy atom. The molecular weight excluding hydrogens is 372 g/mol. The number of carbonyl (C=O) groups excluding carboxylic acids is 1. The van der Waals surface area contributed by atoms with E-state index >= 15 is 0 Å². The molecule has 5 heteroatoms. The van der Waals surface area contributed by atoms with E-state index in [0.29, 0.717) is 11.3 Å². The van der Waals surface area contributed by atoms with Gasteiger partial charge in [-0.1, -0.05) is 18.1 Å². The number of fused-ring (bicyclic) bond motifs is 2. The van der Waals surface area contributed by atoms with Crippen molar-refractivity contribution in [3.8, 4) is 11.8 Å². The van der Waals surface area contributed by atoms with Crippen molar-refractivity contribution >= 4 is 17.2 Å². The summed E-state index contributed by atoms with van der Waals surface area (Å²) >= 11 is 0. The maximum atomic E-state index is 12.8. The van der Waals surface area contributed by atoms with Gasteiger partial charge in [0.1, 0.15) is 5.69 Å². The summed E-state index contributed by atoms with van der Waals surface area (Å²) in [5.74, 6) is 6.16. The number of imidazole rings is 1. The van der Waals surface area contributed by atoms with Gasteiger partial charge in [-0.2, -0.15) is 5.10 Å². The number of rotatable bonds is 2. The minimum atomic E-state index is -0.132. The van der Waals surface area contributed by atoms with Crippen LogP contribution in [0.5, 0.6) is 0 Å². The summed E-state index contributed by atoms with van der Waals surface area (Å²) in [7, 11) is 0. The summed E-state index contributed by atoms with van der Waals surface area (Å²) in [6.07, 6.45) is 6.81. The van der Waals surface area contributed by atoms with Crippen LogP contribution in [0.2, 0.25) is 0 Å². The van der Waals surface area contributed by atoms with E-state index in [4.69, 9.17) is 0 Å². The summed E-state index contributed by atoms with van der Waals surface area (Å²) in [5, 5.41) is 7.30. The number of benzene rings is 2. The van der Waals surface area contributed by atoms with E-state index in [9.17, 15) is 4.79 Å². The number of carbonyl (C=O) groups is 1. The summed E-state index contributed by atoms with van der Waals surface area (Å²) in [6, 6.07) is 15.5. The minimum absolute atomic E-state index is 0.132. The van der Waals surface area contributed by atoms with Crippen LogP contribution in [0.1, 0.15) is 44.7 Å². The van der Waals surface area contributed by atoms with Crippen LogP contribution in [0.15, 0.2) is 60.9 Å². The Morgan fingerprint density at radius 2 is 1.97 bits per heavy atom. The monoisotopic (exact) mass is 392 g/mol. The molecule has 0 bridgehead atoms. The van der Waals surface area contributed by atoms with Crippen molar-refractivity contribution in [2.24, 2.45) is 0 Å². The van der Waals surface area contributed by atoms with Crippen molar-refractivity contribution in [3.63, 3.8) is 0 Å². The van der Waals surface area contributed by atoms with Gasteiger partial charge in [-0.15, -0.1) is 0 Å². The summed E-state index contributed by atoms with van der Waals surface area (Å²) < 4.78 is 1.70. The van der Waals surface area contributed by atoms with E-state index in [0.717, 1.165) is 35.3 Å². The zero-order valence-electron chi connectivity index (χ0n) is 16.6. The molecule has 0 fully saturated rings. The second kappa shape index (κ2) is 7.49. The molecule has 0 unspecified atom stereocenters. The molecule has 0 aliphatic heterocycles. The molecule has 146 valence electrons. The average molecular weight is 392 g/mol. The Bertz CT molecular complexity index is 1340. The SMILES string of the molecule is Cc1ccc(C(=O)Nc2ccc3c(c2)CCC3)cc1C#Cc1cnc2cccnn12. The van der Waals surface area contributed by atoms with Crippen molar-refractivity contribution in [3.05, 3.63) is 94.4 Å². The van der Waals surface area contributed by atoms with Crippen LogP contribution in [0.3, 0.4) is 0 Å². The molecule has 5 rings (SSSR count). The third-order valence-corrected chi connectivity index (χ3v) is 5.46. The average Bonchev–Trinajstić information content (AvgIpc) is 3.39. The third kappa shape index (κ3) is 3.44. The molecular formula is C25H20N4O. The zero-order chi connectivity index (χ0) is 20.5. The lowest BCUT2D eigenvalue weighted by Gasteiger charge is -2.09. The number of aromatic nitrogens is 3. The molecule has 0 radical (unpaired) electrons. The maximum absolute atomic E-state index is 12.8. The predicted molar refractivity (Wildman–Crippen MR) is 117 cm³/mol. The normalized spacial score (nSPS) is 12.3. The second-order valence-corrected chi connectivity index (χ2v) is 7.51. The highest BCUT2D eigenvalue weighted by atomic mass is 16.1. The van der Waals surface area contributed by atoms with Gasteiger partial charge in [-0.25, -0.2) is 9.50 Å². The molecule has 1 N–H and O–H groups in total. The van der Waals surface area contributed by atoms with Crippen molar-refractivity contribution in [2.75, 3.05) is 5.32 Å². The van der Waals surface area contributed by atoms with Gasteiger partial charge < -0.3 is 5.32 Å². The van der Waals surface area contributed by atoms with E-state index < -0.39 is 0 Å². The first-order chi connectivity index (χ1) is 14.7. The molecule has 1 aliphatic rings. The largest absolute Gasteiger partial charge is 0.322 e. The van der Waals surface area contributed by atoms with Gasteiger partial charge in [0.25, 0.3) is 5.91 Å². The van der Waals surface area contributed by atoms with Gasteiger partial charge in [-0.3, -0.25) is 4.79 Å². The molecule has 2 heterocycles. The zero-order valence-corrected chi connectivity index (χ0v) is 16.6. The van der Waals surface area contributed by atoms with Crippen LogP contribution in [0, 0.1) is 18.8 Å². The lowest BCUT2D eigenvalue weighted by Crippen LogP contribution is -2.12. The van der Waals surface area contributed by atoms with Crippen LogP contribution in [-0.4, -0.2) is 20.5 Å². The first-order valence-electron chi connectivity index (χ1n) is 10.0. The molecule has 0 atom stereocenters. The van der Waals surface area contributed by atoms with Crippen molar-refractivity contribution < 1.29 is 4.79 Å². The number of amides is 1. The Morgan fingerprint density at radius 1 is 1.07 bits per heavy atom. The van der Waals surface area contributed by atoms with Gasteiger partial charge >= 0.3 is 0 Å². The quantitative estimate of drug-likeness (QED) is 0.521. The standard InChI is InChI=1S/C25H20N4O/c1-17-7-8-21(25(30)28-22-11-9-18-4-2-5-20(18)15-22)14-19(17)10-12-23-16-26-24-6-3-13-27-29(23)24/h3,6-9,11,13-16H,2,4-5H2,1H3,(H,28,30). The fourth-order valence-electron chi connectivity index (χ4n) is 3.80. The van der Waals surface area contributed by atoms with Crippen LogP contribution in [0.25, 0.3) is 5.65 Å². The second-order valence-electron chi connectivity index (χ2n) is 7.51. The molecule has 1 amide bonds. The lowest BCUT2D eigenvalue weighted by molar-refractivity contribution is 0.102. The maximum Gasteiger partial charge on any atom is 0.255 e. The summed E-state index contributed by atoms with van der Waals surface area (Å²) in [4.78, 5) is 17.1. The fraction of sp³-hybridized carbons (Fsp3) is 0.160. The smallest absolute Gasteiger partial charge is 0.255 e. The molecule has 5 nitrogen and oxygen atoms in total. The van der Waals surface area contributed by atoms with Crippen LogP contribution < -0.4 is 5.32 Å². The summed E-state index contributed by atoms with van der Waals surface area (Å²) in [6.45, 7) is 1.99. The molecule has 0 spiro atoms. The van der Waals surface area contributed by atoms with Crippen LogP contribution in [0.4, 0.5) is 5.69 Å². The Kier molecular flexibility index (Phi) is 4.53. The molecule has 30 heavy (non-hydrogen) atoms. The molecule has 2 aromatic carbocycles. The predicted octanol–water partition coefficient (Wildman–Crippen LogP) is 4.18. The molecule has 2 aromatic heterocycles. The Balaban J connectivity index is 1.40. The van der Waals surface area contributed by atoms with Gasteiger partial charge in [0.15, 0.2) is 5.65 Å². The third-order valence-electron chi connectivity index (χ3n) is 5.46. The number of nitrogens with one attached hydrogen (secondary N) is 1. The number of nitrogens with zero attached hydrogens (tertiary/aromatic N) is 3. The molecule has 0 saturated carbocycles. The highest BCUT2D eigenvalue weighted by Crippen LogP contribution is 2.25. The van der Waals surface area contributed by atoms with E-state index in [1.165, 1.54) is 17.5 Å². The number of hydrogen-bond donors (Lipinski definition) is 1. The Labute approximate surface area is 174 Å². The molecule has 0 saturated heterocycles. The van der Waals surface area contributed by atoms with Crippen molar-refractivity contribution in [1.82, 2.24) is 14.6 Å². The van der Waals surface area contributed by atoms with Gasteiger partial charge in [0.2, 0.25) is 0 Å². The fourth-order valence-corrected chi connectivity index (χ4v) is 3.80. The first-order valence-corrected chi connectivity index (χ1v) is 10.0. The summed E-state index contributed by atoms with van der Waals surface area (Å²) in [5.41, 5.74) is 7.43. The highest BCUT2D eigenvalue weighted by molar-refractivity contribution is 6.04. The van der Waals surface area contributed by atoms with Gasteiger partial charge in [0, 0.05) is 23.0 Å². The van der Waals surface area contributed by atoms with Crippen molar-refractivity contribution in [2.45, 2.75) is 26.2 Å². The van der Waals surface area contributed by atoms with Crippen LogP contribution in [-0.2, 0) is 12.8 Å². The van der Waals surface area contributed by atoms with Gasteiger partial charge in [0.05, 0.1) is 6.20 Å².